The van der Waals surface area contributed by atoms with E-state index in [0.29, 0.717) is 24.2 Å². The van der Waals surface area contributed by atoms with Crippen molar-refractivity contribution in [1.82, 2.24) is 5.32 Å². The average molecular weight is 400 g/mol. The number of rotatable bonds is 6. The van der Waals surface area contributed by atoms with Crippen molar-refractivity contribution in [3.8, 4) is 0 Å². The molecule has 27 heavy (non-hydrogen) atoms. The fourth-order valence-corrected chi connectivity index (χ4v) is 4.37. The van der Waals surface area contributed by atoms with Gasteiger partial charge in [0.05, 0.1) is 17.5 Å². The number of benzene rings is 1. The highest BCUT2D eigenvalue weighted by Gasteiger charge is 2.29. The Hall–Kier alpha value is -1.84. The Bertz CT molecular complexity index is 759. The van der Waals surface area contributed by atoms with Crippen LogP contribution in [0.3, 0.4) is 0 Å². The summed E-state index contributed by atoms with van der Waals surface area (Å²) in [5.74, 6) is 0.110. The van der Waals surface area contributed by atoms with Crippen molar-refractivity contribution in [2.75, 3.05) is 23.1 Å². The predicted octanol–water partition coefficient (Wildman–Crippen LogP) is 1.54. The molecule has 8 nitrogen and oxygen atoms in total. The zero-order valence-electron chi connectivity index (χ0n) is 15.9. The first-order valence-corrected chi connectivity index (χ1v) is 10.5. The fourth-order valence-electron chi connectivity index (χ4n) is 2.81. The van der Waals surface area contributed by atoms with E-state index in [0.717, 1.165) is 0 Å². The highest BCUT2D eigenvalue weighted by Crippen LogP contribution is 2.28. The van der Waals surface area contributed by atoms with Gasteiger partial charge in [0.15, 0.2) is 0 Å². The molecule has 2 rings (SSSR count). The van der Waals surface area contributed by atoms with E-state index in [2.05, 4.69) is 5.32 Å². The topological polar surface area (TPSA) is 116 Å². The van der Waals surface area contributed by atoms with Crippen molar-refractivity contribution >= 4 is 21.8 Å². The van der Waals surface area contributed by atoms with Crippen LogP contribution in [0.1, 0.15) is 45.3 Å². The highest BCUT2D eigenvalue weighted by atomic mass is 32.2. The summed E-state index contributed by atoms with van der Waals surface area (Å²) >= 11 is 0. The van der Waals surface area contributed by atoms with Gasteiger partial charge < -0.3 is 20.3 Å². The molecule has 1 aliphatic rings. The molecule has 0 radical (unpaired) electrons. The van der Waals surface area contributed by atoms with Crippen molar-refractivity contribution in [1.29, 1.82) is 0 Å². The Morgan fingerprint density at radius 3 is 2.63 bits per heavy atom. The van der Waals surface area contributed by atoms with Crippen molar-refractivity contribution in [2.45, 2.75) is 51.4 Å². The minimum atomic E-state index is -3.31. The zero-order chi connectivity index (χ0) is 20.2. The van der Waals surface area contributed by atoms with Crippen LogP contribution in [0.2, 0.25) is 0 Å². The summed E-state index contributed by atoms with van der Waals surface area (Å²) in [5, 5.41) is 23.1. The molecule has 3 N–H and O–H groups in total. The number of ether oxygens (including phenoxy) is 1. The molecule has 1 amide bonds. The number of hydrogen-bond acceptors (Lipinski definition) is 6. The number of amides is 1. The Balaban J connectivity index is 1.94. The number of aliphatic hydroxyl groups excluding tert-OH is 2. The smallest absolute Gasteiger partial charge is 0.407 e. The maximum atomic E-state index is 12.0. The summed E-state index contributed by atoms with van der Waals surface area (Å²) in [6, 6.07) is 6.50. The van der Waals surface area contributed by atoms with Gasteiger partial charge in [0, 0.05) is 13.1 Å². The number of alkyl carbamates (subject to hydrolysis) is 1. The number of carbonyl (C=O) groups excluding carboxylic acids is 1. The van der Waals surface area contributed by atoms with Gasteiger partial charge in [-0.2, -0.15) is 0 Å². The second-order valence-electron chi connectivity index (χ2n) is 7.57. The first-order valence-electron chi connectivity index (χ1n) is 8.93. The number of sulfonamides is 1. The third-order valence-corrected chi connectivity index (χ3v) is 5.94. The van der Waals surface area contributed by atoms with Crippen molar-refractivity contribution in [2.24, 2.45) is 0 Å². The van der Waals surface area contributed by atoms with Crippen LogP contribution < -0.4 is 9.62 Å². The van der Waals surface area contributed by atoms with Crippen LogP contribution in [-0.4, -0.2) is 55.3 Å². The largest absolute Gasteiger partial charge is 0.444 e. The van der Waals surface area contributed by atoms with Gasteiger partial charge in [-0.05, 0) is 51.3 Å². The van der Waals surface area contributed by atoms with Crippen LogP contribution in [0.15, 0.2) is 24.3 Å². The van der Waals surface area contributed by atoms with E-state index in [1.807, 2.05) is 0 Å². The van der Waals surface area contributed by atoms with Crippen LogP contribution in [0.25, 0.3) is 0 Å². The van der Waals surface area contributed by atoms with Crippen molar-refractivity contribution < 1.29 is 28.2 Å². The number of nitrogens with one attached hydrogen (secondary N) is 1. The number of hydrogen-bond donors (Lipinski definition) is 3. The van der Waals surface area contributed by atoms with E-state index in [-0.39, 0.29) is 18.7 Å². The molecular formula is C18H28N2O6S. The van der Waals surface area contributed by atoms with Crippen LogP contribution in [0.5, 0.6) is 0 Å². The highest BCUT2D eigenvalue weighted by molar-refractivity contribution is 7.93. The van der Waals surface area contributed by atoms with Crippen LogP contribution >= 0.6 is 0 Å². The molecule has 1 fully saturated rings. The predicted molar refractivity (Wildman–Crippen MR) is 102 cm³/mol. The van der Waals surface area contributed by atoms with Crippen molar-refractivity contribution in [3.63, 3.8) is 0 Å². The Morgan fingerprint density at radius 1 is 1.33 bits per heavy atom. The normalized spacial score (nSPS) is 18.8. The summed E-state index contributed by atoms with van der Waals surface area (Å²) in [4.78, 5) is 11.6. The molecule has 0 saturated carbocycles. The third kappa shape index (κ3) is 6.08. The van der Waals surface area contributed by atoms with Gasteiger partial charge >= 0.3 is 6.09 Å². The van der Waals surface area contributed by atoms with E-state index < -0.39 is 33.9 Å². The second-order valence-corrected chi connectivity index (χ2v) is 9.58. The maximum absolute atomic E-state index is 12.0. The molecule has 0 spiro atoms. The van der Waals surface area contributed by atoms with E-state index >= 15 is 0 Å². The van der Waals surface area contributed by atoms with E-state index in [1.165, 1.54) is 4.31 Å². The summed E-state index contributed by atoms with van der Waals surface area (Å²) in [7, 11) is -3.31. The maximum Gasteiger partial charge on any atom is 0.407 e. The van der Waals surface area contributed by atoms with E-state index in [1.54, 1.807) is 45.0 Å². The lowest BCUT2D eigenvalue weighted by molar-refractivity contribution is 0.0123. The summed E-state index contributed by atoms with van der Waals surface area (Å²) in [5.41, 5.74) is 0.279. The molecule has 0 bridgehead atoms. The molecule has 1 saturated heterocycles. The molecule has 1 aromatic carbocycles. The van der Waals surface area contributed by atoms with Crippen molar-refractivity contribution in [3.05, 3.63) is 29.8 Å². The minimum Gasteiger partial charge on any atom is -0.444 e. The summed E-state index contributed by atoms with van der Waals surface area (Å²) in [6.45, 7) is 5.79. The second kappa shape index (κ2) is 8.45. The summed E-state index contributed by atoms with van der Waals surface area (Å²) < 4.78 is 30.5. The molecule has 2 atom stereocenters. The lowest BCUT2D eigenvalue weighted by Gasteiger charge is -2.22. The van der Waals surface area contributed by atoms with Gasteiger partial charge in [0.25, 0.3) is 0 Å². The Morgan fingerprint density at radius 2 is 2.04 bits per heavy atom. The number of anilines is 1. The number of aliphatic hydroxyl groups is 2. The average Bonchev–Trinajstić information content (AvgIpc) is 2.91. The number of carbonyl (C=O) groups is 1. The molecule has 2 unspecified atom stereocenters. The molecule has 152 valence electrons. The first-order chi connectivity index (χ1) is 12.5. The molecule has 0 aliphatic carbocycles. The van der Waals surface area contributed by atoms with Gasteiger partial charge in [-0.1, -0.05) is 12.1 Å². The SMILES string of the molecule is CC(C)(C)OC(=O)NCCC(O)C(O)c1cccc(N2CCCS2(=O)=O)c1. The Labute approximate surface area is 160 Å². The standard InChI is InChI=1S/C18H28N2O6S/c1-18(2,3)26-17(23)19-9-8-15(21)16(22)13-6-4-7-14(12-13)20-10-5-11-27(20,24)25/h4,6-7,12,15-16,21-22H,5,8-11H2,1-3H3,(H,19,23). The minimum absolute atomic E-state index is 0.110. The first kappa shape index (κ1) is 21.5. The molecular weight excluding hydrogens is 372 g/mol. The monoisotopic (exact) mass is 400 g/mol. The summed E-state index contributed by atoms with van der Waals surface area (Å²) in [6.07, 6.45) is -2.23. The van der Waals surface area contributed by atoms with Crippen LogP contribution in [0, 0.1) is 0 Å². The van der Waals surface area contributed by atoms with Crippen LogP contribution in [0.4, 0.5) is 10.5 Å². The Kier molecular flexibility index (Phi) is 6.72. The van der Waals surface area contributed by atoms with Gasteiger partial charge in [0.2, 0.25) is 10.0 Å². The molecule has 1 aromatic rings. The van der Waals surface area contributed by atoms with Gasteiger partial charge in [-0.15, -0.1) is 0 Å². The molecule has 0 aromatic heterocycles. The van der Waals surface area contributed by atoms with E-state index in [4.69, 9.17) is 4.74 Å². The lowest BCUT2D eigenvalue weighted by Crippen LogP contribution is -2.34. The van der Waals surface area contributed by atoms with Gasteiger partial charge in [0.1, 0.15) is 11.7 Å². The number of nitrogens with zero attached hydrogens (tertiary/aromatic N) is 1. The fraction of sp³-hybridized carbons (Fsp3) is 0.611. The quantitative estimate of drug-likeness (QED) is 0.667. The zero-order valence-corrected chi connectivity index (χ0v) is 16.7. The van der Waals surface area contributed by atoms with Crippen LogP contribution in [-0.2, 0) is 14.8 Å². The van der Waals surface area contributed by atoms with E-state index in [9.17, 15) is 23.4 Å². The molecule has 1 aliphatic heterocycles. The third-order valence-electron chi connectivity index (χ3n) is 4.07. The van der Waals surface area contributed by atoms with Gasteiger partial charge in [-0.25, -0.2) is 13.2 Å². The van der Waals surface area contributed by atoms with Gasteiger partial charge in [-0.3, -0.25) is 4.31 Å². The molecule has 9 heteroatoms. The molecule has 1 heterocycles. The lowest BCUT2D eigenvalue weighted by atomic mass is 10.0.